The van der Waals surface area contributed by atoms with Crippen molar-refractivity contribution in [1.82, 2.24) is 15.3 Å². The fourth-order valence-electron chi connectivity index (χ4n) is 2.78. The topological polar surface area (TPSA) is 50.3 Å². The van der Waals surface area contributed by atoms with Crippen LogP contribution in [-0.4, -0.2) is 48.2 Å². The first-order chi connectivity index (χ1) is 10.1. The fraction of sp³-hybridized carbons (Fsp3) is 0.714. The summed E-state index contributed by atoms with van der Waals surface area (Å²) in [4.78, 5) is 10.7. The van der Waals surface area contributed by atoms with Crippen LogP contribution >= 0.6 is 0 Å². The van der Waals surface area contributed by atoms with E-state index in [4.69, 9.17) is 4.74 Å². The highest BCUT2D eigenvalue weighted by atomic mass is 19.3. The van der Waals surface area contributed by atoms with Gasteiger partial charge >= 0.3 is 0 Å². The van der Waals surface area contributed by atoms with Crippen LogP contribution in [0.15, 0.2) is 12.4 Å². The van der Waals surface area contributed by atoms with Crippen LogP contribution in [-0.2, 0) is 0 Å². The van der Waals surface area contributed by atoms with Crippen LogP contribution < -0.4 is 15.0 Å². The lowest BCUT2D eigenvalue weighted by Gasteiger charge is -2.31. The molecule has 1 aromatic rings. The number of nitrogens with one attached hydrogen (secondary N) is 1. The Kier molecular flexibility index (Phi) is 4.19. The summed E-state index contributed by atoms with van der Waals surface area (Å²) in [5.74, 6) is -1.35. The first-order valence-corrected chi connectivity index (χ1v) is 7.45. The third kappa shape index (κ3) is 3.58. The highest BCUT2D eigenvalue weighted by Crippen LogP contribution is 2.35. The second-order valence-corrected chi connectivity index (χ2v) is 5.60. The second kappa shape index (κ2) is 6.09. The number of rotatable bonds is 3. The van der Waals surface area contributed by atoms with Gasteiger partial charge in [-0.25, -0.2) is 18.7 Å². The monoisotopic (exact) mass is 298 g/mol. The summed E-state index contributed by atoms with van der Waals surface area (Å²) in [6.45, 7) is 3.48. The van der Waals surface area contributed by atoms with E-state index in [1.54, 1.807) is 12.4 Å². The van der Waals surface area contributed by atoms with E-state index in [1.807, 2.05) is 0 Å². The molecule has 0 atom stereocenters. The number of halogens is 2. The molecule has 5 nitrogen and oxygen atoms in total. The molecule has 0 bridgehead atoms. The van der Waals surface area contributed by atoms with E-state index < -0.39 is 5.92 Å². The number of anilines is 1. The van der Waals surface area contributed by atoms with Crippen molar-refractivity contribution in [2.75, 3.05) is 31.1 Å². The van der Waals surface area contributed by atoms with Gasteiger partial charge in [-0.15, -0.1) is 0 Å². The van der Waals surface area contributed by atoms with E-state index >= 15 is 0 Å². The minimum Gasteiger partial charge on any atom is -0.472 e. The number of aromatic nitrogens is 2. The van der Waals surface area contributed by atoms with E-state index in [0.29, 0.717) is 18.7 Å². The number of alkyl halides is 2. The SMILES string of the molecule is FC1(F)CCC(Oc2nccnc2N2CCNCC2)CC1. The Morgan fingerprint density at radius 2 is 1.81 bits per heavy atom. The Bertz CT molecular complexity index is 470. The third-order valence-electron chi connectivity index (χ3n) is 4.01. The zero-order chi connectivity index (χ0) is 14.7. The number of ether oxygens (including phenoxy) is 1. The number of nitrogens with zero attached hydrogens (tertiary/aromatic N) is 3. The summed E-state index contributed by atoms with van der Waals surface area (Å²) in [7, 11) is 0. The fourth-order valence-corrected chi connectivity index (χ4v) is 2.78. The molecule has 1 aromatic heterocycles. The molecule has 0 unspecified atom stereocenters. The van der Waals surface area contributed by atoms with Crippen molar-refractivity contribution < 1.29 is 13.5 Å². The molecular formula is C14H20F2N4O. The standard InChI is InChI=1S/C14H20F2N4O/c15-14(16)3-1-11(2-4-14)21-13-12(18-5-6-19-13)20-9-7-17-8-10-20/h5-6,11,17H,1-4,7-10H2. The van der Waals surface area contributed by atoms with Gasteiger partial charge in [0, 0.05) is 51.4 Å². The molecule has 1 saturated heterocycles. The van der Waals surface area contributed by atoms with Gasteiger partial charge in [-0.3, -0.25) is 0 Å². The maximum absolute atomic E-state index is 13.2. The minimum atomic E-state index is -2.54. The normalized spacial score (nSPS) is 23.0. The Balaban J connectivity index is 1.68. The van der Waals surface area contributed by atoms with Gasteiger partial charge < -0.3 is 15.0 Å². The summed E-state index contributed by atoms with van der Waals surface area (Å²) in [6, 6.07) is 0. The first-order valence-electron chi connectivity index (χ1n) is 7.45. The molecule has 0 amide bonds. The van der Waals surface area contributed by atoms with Crippen molar-refractivity contribution in [3.63, 3.8) is 0 Å². The molecule has 3 rings (SSSR count). The van der Waals surface area contributed by atoms with Gasteiger partial charge in [0.15, 0.2) is 5.82 Å². The van der Waals surface area contributed by atoms with Gasteiger partial charge in [-0.1, -0.05) is 0 Å². The molecule has 1 saturated carbocycles. The van der Waals surface area contributed by atoms with E-state index in [9.17, 15) is 8.78 Å². The first kappa shape index (κ1) is 14.4. The van der Waals surface area contributed by atoms with Crippen LogP contribution in [0.5, 0.6) is 5.88 Å². The molecule has 2 aliphatic rings. The van der Waals surface area contributed by atoms with Crippen molar-refractivity contribution >= 4 is 5.82 Å². The van der Waals surface area contributed by atoms with Crippen LogP contribution in [0.1, 0.15) is 25.7 Å². The Hall–Kier alpha value is -1.50. The van der Waals surface area contributed by atoms with Crippen LogP contribution in [0.25, 0.3) is 0 Å². The van der Waals surface area contributed by atoms with Gasteiger partial charge in [-0.05, 0) is 12.8 Å². The third-order valence-corrected chi connectivity index (χ3v) is 4.01. The van der Waals surface area contributed by atoms with E-state index in [0.717, 1.165) is 32.0 Å². The zero-order valence-corrected chi connectivity index (χ0v) is 11.9. The van der Waals surface area contributed by atoms with Crippen molar-refractivity contribution in [1.29, 1.82) is 0 Å². The van der Waals surface area contributed by atoms with Gasteiger partial charge in [0.1, 0.15) is 6.10 Å². The lowest BCUT2D eigenvalue weighted by molar-refractivity contribution is -0.0587. The molecule has 0 spiro atoms. The van der Waals surface area contributed by atoms with E-state index in [1.165, 1.54) is 0 Å². The molecule has 1 N–H and O–H groups in total. The summed E-state index contributed by atoms with van der Waals surface area (Å²) in [5, 5.41) is 3.28. The maximum atomic E-state index is 13.2. The van der Waals surface area contributed by atoms with Crippen LogP contribution in [0.4, 0.5) is 14.6 Å². The molecule has 1 aliphatic heterocycles. The van der Waals surface area contributed by atoms with Gasteiger partial charge in [0.05, 0.1) is 0 Å². The highest BCUT2D eigenvalue weighted by Gasteiger charge is 2.36. The summed E-state index contributed by atoms with van der Waals surface area (Å²) in [6.07, 6.45) is 3.54. The smallest absolute Gasteiger partial charge is 0.257 e. The Morgan fingerprint density at radius 3 is 2.52 bits per heavy atom. The Labute approximate surface area is 122 Å². The van der Waals surface area contributed by atoms with Gasteiger partial charge in [0.2, 0.25) is 5.92 Å². The lowest BCUT2D eigenvalue weighted by atomic mass is 9.94. The van der Waals surface area contributed by atoms with Gasteiger partial charge in [0.25, 0.3) is 5.88 Å². The average molecular weight is 298 g/mol. The number of piperazine rings is 1. The number of hydrogen-bond acceptors (Lipinski definition) is 5. The second-order valence-electron chi connectivity index (χ2n) is 5.60. The summed E-state index contributed by atoms with van der Waals surface area (Å²) >= 11 is 0. The zero-order valence-electron chi connectivity index (χ0n) is 11.9. The van der Waals surface area contributed by atoms with Crippen molar-refractivity contribution in [3.8, 4) is 5.88 Å². The molecule has 116 valence electrons. The van der Waals surface area contributed by atoms with Crippen molar-refractivity contribution in [2.45, 2.75) is 37.7 Å². The van der Waals surface area contributed by atoms with Crippen LogP contribution in [0.3, 0.4) is 0 Å². The molecule has 2 heterocycles. The molecule has 1 aliphatic carbocycles. The molecule has 0 aromatic carbocycles. The van der Waals surface area contributed by atoms with E-state index in [-0.39, 0.29) is 18.9 Å². The van der Waals surface area contributed by atoms with E-state index in [2.05, 4.69) is 20.2 Å². The molecule has 7 heteroatoms. The number of hydrogen-bond donors (Lipinski definition) is 1. The maximum Gasteiger partial charge on any atom is 0.257 e. The summed E-state index contributed by atoms with van der Waals surface area (Å²) in [5.41, 5.74) is 0. The molecule has 0 radical (unpaired) electrons. The minimum absolute atomic E-state index is 0.110. The van der Waals surface area contributed by atoms with Gasteiger partial charge in [-0.2, -0.15) is 0 Å². The quantitative estimate of drug-likeness (QED) is 0.923. The van der Waals surface area contributed by atoms with Crippen molar-refractivity contribution in [3.05, 3.63) is 12.4 Å². The predicted octanol–water partition coefficient (Wildman–Crippen LogP) is 1.84. The van der Waals surface area contributed by atoms with Crippen LogP contribution in [0, 0.1) is 0 Å². The average Bonchev–Trinajstić information content (AvgIpc) is 2.51. The van der Waals surface area contributed by atoms with Crippen LogP contribution in [0.2, 0.25) is 0 Å². The van der Waals surface area contributed by atoms with Crippen molar-refractivity contribution in [2.24, 2.45) is 0 Å². The molecule has 21 heavy (non-hydrogen) atoms. The summed E-state index contributed by atoms with van der Waals surface area (Å²) < 4.78 is 32.2. The molecule has 2 fully saturated rings. The molecular weight excluding hydrogens is 278 g/mol. The predicted molar refractivity (Wildman–Crippen MR) is 74.9 cm³/mol. The lowest BCUT2D eigenvalue weighted by Crippen LogP contribution is -2.44. The highest BCUT2D eigenvalue weighted by molar-refractivity contribution is 5.48. The Morgan fingerprint density at radius 1 is 1.14 bits per heavy atom. The largest absolute Gasteiger partial charge is 0.472 e.